The van der Waals surface area contributed by atoms with Crippen molar-refractivity contribution in [1.82, 2.24) is 0 Å². The summed E-state index contributed by atoms with van der Waals surface area (Å²) in [6.45, 7) is 31.2. The van der Waals surface area contributed by atoms with Crippen LogP contribution in [0.5, 0.6) is 0 Å². The molecular weight excluding hydrogens is 865 g/mol. The maximum absolute atomic E-state index is 6.97. The van der Waals surface area contributed by atoms with E-state index in [2.05, 4.69) is 210 Å². The van der Waals surface area contributed by atoms with Crippen LogP contribution >= 0.6 is 0 Å². The molecule has 10 aromatic rings. The molecule has 0 aliphatic heterocycles. The minimum absolute atomic E-state index is 0.798. The van der Waals surface area contributed by atoms with Gasteiger partial charge in [0.15, 0.2) is 11.3 Å². The molecule has 4 nitrogen and oxygen atoms in total. The van der Waals surface area contributed by atoms with Gasteiger partial charge in [0.05, 0.1) is 22.8 Å². The lowest BCUT2D eigenvalue weighted by Gasteiger charge is -2.31. The number of nitrogens with zero attached hydrogens (tertiary/aromatic N) is 2. The number of para-hydroxylation sites is 2. The summed E-state index contributed by atoms with van der Waals surface area (Å²) in [7, 11) is 0. The van der Waals surface area contributed by atoms with E-state index < -0.39 is 0 Å². The minimum atomic E-state index is 0.798. The van der Waals surface area contributed by atoms with Crippen LogP contribution in [0.25, 0.3) is 66.0 Å². The molecule has 1 aliphatic carbocycles. The molecule has 2 aromatic heterocycles. The Morgan fingerprint density at radius 1 is 0.493 bits per heavy atom. The number of benzene rings is 8. The number of aryl methyl sites for hydroxylation is 6. The molecular formula is C67H74N2O2. The van der Waals surface area contributed by atoms with E-state index in [1.807, 2.05) is 55.4 Å². The molecule has 0 bridgehead atoms. The van der Waals surface area contributed by atoms with Gasteiger partial charge in [-0.3, -0.25) is 0 Å². The second kappa shape index (κ2) is 22.6. The molecule has 71 heavy (non-hydrogen) atoms. The fraction of sp³-hybridized carbons (Fsp3) is 0.254. The van der Waals surface area contributed by atoms with E-state index >= 15 is 0 Å². The average molecular weight is 939 g/mol. The van der Waals surface area contributed by atoms with Gasteiger partial charge < -0.3 is 18.6 Å². The lowest BCUT2D eigenvalue weighted by atomic mass is 9.91. The monoisotopic (exact) mass is 939 g/mol. The van der Waals surface area contributed by atoms with Crippen LogP contribution in [0.1, 0.15) is 119 Å². The third-order valence-electron chi connectivity index (χ3n) is 13.2. The summed E-state index contributed by atoms with van der Waals surface area (Å²) in [4.78, 5) is 4.89. The predicted molar refractivity (Wildman–Crippen MR) is 313 cm³/mol. The van der Waals surface area contributed by atoms with Crippen LogP contribution in [0.15, 0.2) is 154 Å². The van der Waals surface area contributed by atoms with Gasteiger partial charge in [-0.05, 0) is 140 Å². The first-order valence-electron chi connectivity index (χ1n) is 26.2. The molecule has 2 heterocycles. The molecule has 0 amide bonds. The smallest absolute Gasteiger partial charge is 0.158 e. The highest BCUT2D eigenvalue weighted by Crippen LogP contribution is 2.50. The number of hydrogen-bond donors (Lipinski definition) is 0. The number of allylic oxidation sites excluding steroid dienone is 4. The fourth-order valence-electron chi connectivity index (χ4n) is 10.0. The number of fused-ring (bicyclic) bond motifs is 4. The molecule has 8 aromatic carbocycles. The zero-order valence-corrected chi connectivity index (χ0v) is 45.1. The lowest BCUT2D eigenvalue weighted by Crippen LogP contribution is -2.17. The summed E-state index contributed by atoms with van der Waals surface area (Å²) in [5.41, 5.74) is 16.6. The van der Waals surface area contributed by atoms with Crippen LogP contribution in [-0.2, 0) is 6.42 Å². The van der Waals surface area contributed by atoms with Crippen molar-refractivity contribution < 1.29 is 8.83 Å². The molecule has 1 aliphatic rings. The molecule has 0 saturated heterocycles. The van der Waals surface area contributed by atoms with Crippen LogP contribution in [0, 0.1) is 41.5 Å². The maximum Gasteiger partial charge on any atom is 0.158 e. The Balaban J connectivity index is 0.000000884. The van der Waals surface area contributed by atoms with E-state index in [0.29, 0.717) is 0 Å². The fourth-order valence-corrected chi connectivity index (χ4v) is 10.0. The third-order valence-corrected chi connectivity index (χ3v) is 13.2. The van der Waals surface area contributed by atoms with Gasteiger partial charge in [-0.25, -0.2) is 0 Å². The van der Waals surface area contributed by atoms with Gasteiger partial charge in [0.25, 0.3) is 0 Å². The van der Waals surface area contributed by atoms with E-state index in [0.717, 1.165) is 86.2 Å². The quantitative estimate of drug-likeness (QED) is 0.142. The highest BCUT2D eigenvalue weighted by molar-refractivity contribution is 6.28. The first-order valence-corrected chi connectivity index (χ1v) is 26.2. The van der Waals surface area contributed by atoms with Crippen molar-refractivity contribution in [2.75, 3.05) is 9.80 Å². The Kier molecular flexibility index (Phi) is 16.4. The highest BCUT2D eigenvalue weighted by Gasteiger charge is 2.29. The summed E-state index contributed by atoms with van der Waals surface area (Å²) in [5, 5.41) is 9.54. The molecule has 4 heteroatoms. The number of furan rings is 2. The van der Waals surface area contributed by atoms with Crippen molar-refractivity contribution in [3.05, 3.63) is 196 Å². The summed E-state index contributed by atoms with van der Waals surface area (Å²) in [6.07, 6.45) is 12.9. The van der Waals surface area contributed by atoms with E-state index in [1.54, 1.807) is 0 Å². The van der Waals surface area contributed by atoms with Gasteiger partial charge in [0.1, 0.15) is 11.3 Å². The maximum atomic E-state index is 6.97. The molecule has 0 unspecified atom stereocenters. The molecule has 364 valence electrons. The minimum Gasteiger partial charge on any atom is -0.459 e. The normalized spacial score (nSPS) is 11.8. The number of hydrogen-bond acceptors (Lipinski definition) is 4. The Labute approximate surface area is 423 Å². The van der Waals surface area contributed by atoms with Crippen molar-refractivity contribution in [3.8, 4) is 0 Å². The van der Waals surface area contributed by atoms with E-state index in [9.17, 15) is 0 Å². The van der Waals surface area contributed by atoms with Gasteiger partial charge in [-0.1, -0.05) is 178 Å². The predicted octanol–water partition coefficient (Wildman–Crippen LogP) is 21.2. The number of rotatable bonds is 8. The summed E-state index contributed by atoms with van der Waals surface area (Å²) in [5.74, 6) is 1.83. The SMILES string of the molecule is CC.CC.CC.CC.CC/C=C\c1c(C)oc2c(N(c3cc(C)ccc3C)c3ccc4ccc5c(N(C6=CC=CCc7c6oc6c(C)cccc76)c6cc(C)ccc6C)ccc6ccc3c4c65)cccc12. The molecule has 0 fully saturated rings. The first-order chi connectivity index (χ1) is 34.7. The third kappa shape index (κ3) is 9.29. The summed E-state index contributed by atoms with van der Waals surface area (Å²) in [6, 6.07) is 45.0. The lowest BCUT2D eigenvalue weighted by molar-refractivity contribution is 0.578. The van der Waals surface area contributed by atoms with Gasteiger partial charge in [-0.15, -0.1) is 0 Å². The largest absolute Gasteiger partial charge is 0.459 e. The van der Waals surface area contributed by atoms with Crippen molar-refractivity contribution in [1.29, 1.82) is 0 Å². The van der Waals surface area contributed by atoms with Gasteiger partial charge in [-0.2, -0.15) is 0 Å². The zero-order chi connectivity index (χ0) is 51.1. The molecule has 0 atom stereocenters. The molecule has 11 rings (SSSR count). The Morgan fingerprint density at radius 3 is 1.65 bits per heavy atom. The Bertz CT molecular complexity index is 3550. The Morgan fingerprint density at radius 2 is 1.04 bits per heavy atom. The second-order valence-corrected chi connectivity index (χ2v) is 17.4. The highest BCUT2D eigenvalue weighted by atomic mass is 16.3. The Hall–Kier alpha value is -7.30. The van der Waals surface area contributed by atoms with Crippen LogP contribution in [-0.4, -0.2) is 0 Å². The van der Waals surface area contributed by atoms with Crippen LogP contribution in [0.3, 0.4) is 0 Å². The van der Waals surface area contributed by atoms with Crippen LogP contribution in [0.2, 0.25) is 0 Å². The van der Waals surface area contributed by atoms with E-state index in [-0.39, 0.29) is 0 Å². The molecule has 0 radical (unpaired) electrons. The van der Waals surface area contributed by atoms with Gasteiger partial charge >= 0.3 is 0 Å². The zero-order valence-electron chi connectivity index (χ0n) is 45.1. The van der Waals surface area contributed by atoms with E-state index in [1.165, 1.54) is 65.5 Å². The standard InChI is InChI=1S/C59H50N2O2.4C2H6/c1-8-9-15-43-40(7)62-58-44(43)18-13-20-52(58)61(54-34-36(3)22-24-38(54)5)50-32-28-42-25-29-47-49(31-27-41-26-30-48(50)56(42)55(41)47)60(53-33-35(2)21-23-37(53)4)51-19-11-10-16-46-45-17-12-14-39(6)57(45)63-59(46)51;4*1-2/h9-15,17-34H,8,16H2,1-7H3;4*1-2H3/b15-9-;;;;. The van der Waals surface area contributed by atoms with Crippen LogP contribution < -0.4 is 9.80 Å². The first kappa shape index (κ1) is 51.5. The van der Waals surface area contributed by atoms with E-state index in [4.69, 9.17) is 8.83 Å². The van der Waals surface area contributed by atoms with Gasteiger partial charge in [0.2, 0.25) is 0 Å². The average Bonchev–Trinajstić information content (AvgIpc) is 3.87. The topological polar surface area (TPSA) is 32.8 Å². The molecule has 0 spiro atoms. The molecule has 0 N–H and O–H groups in total. The van der Waals surface area contributed by atoms with Gasteiger partial charge in [0, 0.05) is 44.0 Å². The summed E-state index contributed by atoms with van der Waals surface area (Å²) >= 11 is 0. The van der Waals surface area contributed by atoms with Crippen LogP contribution in [0.4, 0.5) is 28.4 Å². The van der Waals surface area contributed by atoms with Crippen molar-refractivity contribution in [3.63, 3.8) is 0 Å². The number of anilines is 5. The van der Waals surface area contributed by atoms with Crippen molar-refractivity contribution in [2.45, 2.75) is 117 Å². The second-order valence-electron chi connectivity index (χ2n) is 17.4. The summed E-state index contributed by atoms with van der Waals surface area (Å²) < 4.78 is 13.7. The van der Waals surface area contributed by atoms with Crippen molar-refractivity contribution in [2.24, 2.45) is 0 Å². The van der Waals surface area contributed by atoms with Crippen molar-refractivity contribution >= 4 is 94.5 Å². The molecule has 0 saturated carbocycles.